The van der Waals surface area contributed by atoms with Crippen molar-refractivity contribution in [1.29, 1.82) is 0 Å². The number of urea groups is 1. The highest BCUT2D eigenvalue weighted by molar-refractivity contribution is 5.97. The van der Waals surface area contributed by atoms with Crippen molar-refractivity contribution in [2.45, 2.75) is 26.8 Å². The minimum Gasteiger partial charge on any atom is -0.335 e. The Balaban J connectivity index is 2.59. The molecule has 108 valence electrons. The summed E-state index contributed by atoms with van der Waals surface area (Å²) >= 11 is 0. The Kier molecular flexibility index (Phi) is 5.52. The van der Waals surface area contributed by atoms with Crippen molar-refractivity contribution in [3.63, 3.8) is 0 Å². The molecule has 7 nitrogen and oxygen atoms in total. The van der Waals surface area contributed by atoms with Crippen LogP contribution in [0.25, 0.3) is 0 Å². The van der Waals surface area contributed by atoms with Crippen molar-refractivity contribution in [1.82, 2.24) is 16.2 Å². The standard InChI is InChI=1S/C13H18N4O3/c1-8(2)14-13(20)17-16-12(19)10-5-4-6-11(7-10)15-9(3)18/h4-8H,1-3H3,(H,15,18)(H,16,19)(H2,14,17,20). The Morgan fingerprint density at radius 2 is 1.80 bits per heavy atom. The minimum absolute atomic E-state index is 0.0324. The molecule has 0 aromatic heterocycles. The number of rotatable bonds is 3. The predicted molar refractivity (Wildman–Crippen MR) is 75.0 cm³/mol. The van der Waals surface area contributed by atoms with Crippen LogP contribution in [0, 0.1) is 0 Å². The van der Waals surface area contributed by atoms with Gasteiger partial charge in [-0.15, -0.1) is 0 Å². The van der Waals surface area contributed by atoms with E-state index in [-0.39, 0.29) is 11.9 Å². The molecule has 0 fully saturated rings. The van der Waals surface area contributed by atoms with Gasteiger partial charge in [0, 0.05) is 24.2 Å². The molecular formula is C13H18N4O3. The van der Waals surface area contributed by atoms with Crippen LogP contribution in [0.5, 0.6) is 0 Å². The van der Waals surface area contributed by atoms with Crippen molar-refractivity contribution in [2.24, 2.45) is 0 Å². The number of nitrogens with one attached hydrogen (secondary N) is 4. The summed E-state index contributed by atoms with van der Waals surface area (Å²) in [7, 11) is 0. The molecule has 0 radical (unpaired) electrons. The van der Waals surface area contributed by atoms with E-state index < -0.39 is 11.9 Å². The zero-order valence-corrected chi connectivity index (χ0v) is 11.6. The van der Waals surface area contributed by atoms with Gasteiger partial charge < -0.3 is 10.6 Å². The number of hydrazine groups is 1. The number of benzene rings is 1. The summed E-state index contributed by atoms with van der Waals surface area (Å²) in [4.78, 5) is 34.0. The van der Waals surface area contributed by atoms with Gasteiger partial charge in [0.15, 0.2) is 0 Å². The Bertz CT molecular complexity index is 514. The van der Waals surface area contributed by atoms with Crippen LogP contribution in [0.2, 0.25) is 0 Å². The predicted octanol–water partition coefficient (Wildman–Crippen LogP) is 0.997. The molecule has 0 aliphatic carbocycles. The number of hydrogen-bond acceptors (Lipinski definition) is 3. The molecule has 1 rings (SSSR count). The first kappa shape index (κ1) is 15.5. The van der Waals surface area contributed by atoms with E-state index in [4.69, 9.17) is 0 Å². The second kappa shape index (κ2) is 7.13. The number of hydrogen-bond donors (Lipinski definition) is 4. The average molecular weight is 278 g/mol. The molecule has 0 spiro atoms. The van der Waals surface area contributed by atoms with E-state index in [1.54, 1.807) is 32.0 Å². The molecule has 1 aromatic rings. The van der Waals surface area contributed by atoms with Crippen LogP contribution in [0.1, 0.15) is 31.1 Å². The molecule has 4 amide bonds. The average Bonchev–Trinajstić information content (AvgIpc) is 2.34. The van der Waals surface area contributed by atoms with Crippen LogP contribution in [-0.2, 0) is 4.79 Å². The van der Waals surface area contributed by atoms with Gasteiger partial charge in [-0.1, -0.05) is 6.07 Å². The normalized spacial score (nSPS) is 9.80. The Labute approximate surface area is 117 Å². The number of carbonyl (C=O) groups excluding carboxylic acids is 3. The SMILES string of the molecule is CC(=O)Nc1cccc(C(=O)NNC(=O)NC(C)C)c1. The lowest BCUT2D eigenvalue weighted by Gasteiger charge is -2.11. The maximum atomic E-state index is 11.8. The lowest BCUT2D eigenvalue weighted by atomic mass is 10.2. The summed E-state index contributed by atoms with van der Waals surface area (Å²) in [5, 5.41) is 5.14. The number of amides is 4. The van der Waals surface area contributed by atoms with E-state index in [2.05, 4.69) is 21.5 Å². The molecule has 0 aliphatic heterocycles. The van der Waals surface area contributed by atoms with Crippen LogP contribution in [0.15, 0.2) is 24.3 Å². The highest BCUT2D eigenvalue weighted by Gasteiger charge is 2.08. The van der Waals surface area contributed by atoms with E-state index in [0.29, 0.717) is 11.3 Å². The maximum absolute atomic E-state index is 11.8. The third-order valence-corrected chi connectivity index (χ3v) is 2.15. The Hall–Kier alpha value is -2.57. The summed E-state index contributed by atoms with van der Waals surface area (Å²) < 4.78 is 0. The van der Waals surface area contributed by atoms with Gasteiger partial charge in [0.05, 0.1) is 0 Å². The van der Waals surface area contributed by atoms with E-state index in [1.165, 1.54) is 13.0 Å². The van der Waals surface area contributed by atoms with Gasteiger partial charge in [0.2, 0.25) is 5.91 Å². The summed E-state index contributed by atoms with van der Waals surface area (Å²) in [6.07, 6.45) is 0. The summed E-state index contributed by atoms with van der Waals surface area (Å²) in [5.74, 6) is -0.701. The zero-order valence-electron chi connectivity index (χ0n) is 11.6. The molecule has 0 aliphatic rings. The van der Waals surface area contributed by atoms with Crippen molar-refractivity contribution < 1.29 is 14.4 Å². The molecule has 0 atom stereocenters. The van der Waals surface area contributed by atoms with Crippen LogP contribution in [0.3, 0.4) is 0 Å². The molecule has 0 saturated heterocycles. The van der Waals surface area contributed by atoms with Crippen LogP contribution < -0.4 is 21.5 Å². The van der Waals surface area contributed by atoms with Crippen LogP contribution >= 0.6 is 0 Å². The Morgan fingerprint density at radius 3 is 2.40 bits per heavy atom. The fourth-order valence-corrected chi connectivity index (χ4v) is 1.43. The highest BCUT2D eigenvalue weighted by Crippen LogP contribution is 2.10. The first-order valence-corrected chi connectivity index (χ1v) is 6.13. The fourth-order valence-electron chi connectivity index (χ4n) is 1.43. The second-order valence-electron chi connectivity index (χ2n) is 4.47. The topological polar surface area (TPSA) is 99.3 Å². The van der Waals surface area contributed by atoms with Crippen molar-refractivity contribution in [3.05, 3.63) is 29.8 Å². The minimum atomic E-state index is -0.494. The monoisotopic (exact) mass is 278 g/mol. The van der Waals surface area contributed by atoms with Gasteiger partial charge in [-0.05, 0) is 32.0 Å². The van der Waals surface area contributed by atoms with Crippen LogP contribution in [-0.4, -0.2) is 23.9 Å². The van der Waals surface area contributed by atoms with E-state index in [9.17, 15) is 14.4 Å². The first-order valence-electron chi connectivity index (χ1n) is 6.13. The Morgan fingerprint density at radius 1 is 1.10 bits per heavy atom. The number of carbonyl (C=O) groups is 3. The van der Waals surface area contributed by atoms with E-state index in [1.807, 2.05) is 0 Å². The number of anilines is 1. The summed E-state index contributed by atoms with van der Waals surface area (Å²) in [6.45, 7) is 4.99. The van der Waals surface area contributed by atoms with Gasteiger partial charge in [-0.25, -0.2) is 10.2 Å². The molecule has 0 saturated carbocycles. The zero-order chi connectivity index (χ0) is 15.1. The molecule has 0 unspecified atom stereocenters. The maximum Gasteiger partial charge on any atom is 0.333 e. The third kappa shape index (κ3) is 5.38. The largest absolute Gasteiger partial charge is 0.335 e. The fraction of sp³-hybridized carbons (Fsp3) is 0.308. The third-order valence-electron chi connectivity index (χ3n) is 2.15. The van der Waals surface area contributed by atoms with Crippen LogP contribution in [0.4, 0.5) is 10.5 Å². The first-order chi connectivity index (χ1) is 9.38. The van der Waals surface area contributed by atoms with Crippen molar-refractivity contribution in [2.75, 3.05) is 5.32 Å². The second-order valence-corrected chi connectivity index (χ2v) is 4.47. The van der Waals surface area contributed by atoms with Crippen molar-refractivity contribution >= 4 is 23.5 Å². The lowest BCUT2D eigenvalue weighted by Crippen LogP contribution is -2.48. The molecule has 1 aromatic carbocycles. The van der Waals surface area contributed by atoms with Gasteiger partial charge >= 0.3 is 6.03 Å². The summed E-state index contributed by atoms with van der Waals surface area (Å²) in [6, 6.07) is 5.86. The van der Waals surface area contributed by atoms with Gasteiger partial charge in [-0.2, -0.15) is 0 Å². The summed E-state index contributed by atoms with van der Waals surface area (Å²) in [5.41, 5.74) is 5.34. The van der Waals surface area contributed by atoms with Crippen molar-refractivity contribution in [3.8, 4) is 0 Å². The molecule has 4 N–H and O–H groups in total. The highest BCUT2D eigenvalue weighted by atomic mass is 16.2. The van der Waals surface area contributed by atoms with E-state index in [0.717, 1.165) is 0 Å². The van der Waals surface area contributed by atoms with Gasteiger partial charge in [0.25, 0.3) is 5.91 Å². The van der Waals surface area contributed by atoms with E-state index >= 15 is 0 Å². The molecule has 7 heteroatoms. The quantitative estimate of drug-likeness (QED) is 0.621. The molecule has 0 bridgehead atoms. The van der Waals surface area contributed by atoms with Gasteiger partial charge in [0.1, 0.15) is 0 Å². The smallest absolute Gasteiger partial charge is 0.333 e. The molecule has 0 heterocycles. The van der Waals surface area contributed by atoms with Gasteiger partial charge in [-0.3, -0.25) is 15.0 Å². The molecule has 20 heavy (non-hydrogen) atoms. The lowest BCUT2D eigenvalue weighted by molar-refractivity contribution is -0.114. The molecular weight excluding hydrogens is 260 g/mol.